The number of ether oxygens (including phenoxy) is 2. The lowest BCUT2D eigenvalue weighted by Crippen LogP contribution is -2.37. The van der Waals surface area contributed by atoms with E-state index in [-0.39, 0.29) is 51.5 Å². The van der Waals surface area contributed by atoms with Crippen molar-refractivity contribution in [2.45, 2.75) is 165 Å². The summed E-state index contributed by atoms with van der Waals surface area (Å²) < 4.78 is 11.1. The molecule has 8 N–H and O–H groups in total. The molecule has 103 heavy (non-hydrogen) atoms. The van der Waals surface area contributed by atoms with Gasteiger partial charge in [-0.05, 0) is 168 Å². The Hall–Kier alpha value is -8.57. The minimum Gasteiger partial charge on any atom is -0.388 e. The minimum absolute atomic E-state index is 0.0446. The van der Waals surface area contributed by atoms with Gasteiger partial charge in [-0.3, -0.25) is 68.7 Å². The van der Waals surface area contributed by atoms with Crippen molar-refractivity contribution in [3.05, 3.63) is 149 Å². The third-order valence-corrected chi connectivity index (χ3v) is 15.2. The van der Waals surface area contributed by atoms with Crippen LogP contribution in [0.5, 0.6) is 0 Å². The lowest BCUT2D eigenvalue weighted by atomic mass is 10.1. The molecule has 31 heteroatoms. The second-order valence-corrected chi connectivity index (χ2v) is 27.5. The van der Waals surface area contributed by atoms with Crippen LogP contribution in [0, 0.1) is 0 Å². The fourth-order valence-corrected chi connectivity index (χ4v) is 7.30. The first kappa shape index (κ1) is 92.4. The maximum atomic E-state index is 11.2. The highest BCUT2D eigenvalue weighted by atomic mass is 16.5. The van der Waals surface area contributed by atoms with Gasteiger partial charge in [0.15, 0.2) is 23.1 Å². The molecule has 0 aromatic carbocycles. The van der Waals surface area contributed by atoms with E-state index >= 15 is 0 Å². The Morgan fingerprint density at radius 1 is 0.417 bits per heavy atom. The highest BCUT2D eigenvalue weighted by Gasteiger charge is 2.20. The Balaban J connectivity index is 0.000000619. The number of aliphatic hydroxyl groups is 4. The molecule has 0 aliphatic carbocycles. The van der Waals surface area contributed by atoms with Crippen molar-refractivity contribution in [3.63, 3.8) is 0 Å². The van der Waals surface area contributed by atoms with Gasteiger partial charge in [0.1, 0.15) is 43.9 Å². The van der Waals surface area contributed by atoms with Crippen molar-refractivity contribution in [2.24, 2.45) is 0 Å². The van der Waals surface area contributed by atoms with E-state index in [0.717, 1.165) is 36.8 Å². The maximum absolute atomic E-state index is 11.2. The van der Waals surface area contributed by atoms with E-state index in [1.165, 1.54) is 61.3 Å². The van der Waals surface area contributed by atoms with E-state index in [1.54, 1.807) is 29.7 Å². The predicted molar refractivity (Wildman–Crippen MR) is 392 cm³/mol. The van der Waals surface area contributed by atoms with Crippen LogP contribution in [-0.2, 0) is 35.7 Å². The molecule has 570 valence electrons. The minimum atomic E-state index is -0.634. The highest BCUT2D eigenvalue weighted by molar-refractivity contribution is 5.98. The molecule has 0 bridgehead atoms. The number of ketones is 4. The Morgan fingerprint density at radius 3 is 1.15 bits per heavy atom. The van der Waals surface area contributed by atoms with Crippen molar-refractivity contribution in [2.75, 3.05) is 105 Å². The number of carbonyl (C=O) groups excluding carboxylic acids is 6. The number of carbonyl (C=O) groups is 6. The van der Waals surface area contributed by atoms with E-state index < -0.39 is 38.2 Å². The van der Waals surface area contributed by atoms with Crippen LogP contribution >= 0.6 is 0 Å². The molecule has 6 aromatic heterocycles. The predicted octanol–water partition coefficient (Wildman–Crippen LogP) is 5.87. The number of nitrogens with zero attached hydrogens (tertiary/aromatic N) is 15. The molecule has 0 atom stereocenters. The average molecular weight is 1440 g/mol. The first-order valence-electron chi connectivity index (χ1n) is 33.4. The third-order valence-electron chi connectivity index (χ3n) is 15.2. The van der Waals surface area contributed by atoms with Crippen LogP contribution in [0.2, 0.25) is 0 Å². The van der Waals surface area contributed by atoms with Gasteiger partial charge in [-0.2, -0.15) is 0 Å². The van der Waals surface area contributed by atoms with E-state index in [9.17, 15) is 28.8 Å². The van der Waals surface area contributed by atoms with Crippen LogP contribution in [0.1, 0.15) is 189 Å². The quantitative estimate of drug-likeness (QED) is 0.0155. The highest BCUT2D eigenvalue weighted by Crippen LogP contribution is 2.17. The smallest absolute Gasteiger partial charge is 0.277 e. The second-order valence-electron chi connectivity index (χ2n) is 27.5. The number of hydroxylamine groups is 2. The SMILES string of the molecule is CC(C)N(C)Cc1ccc(C(=O)CO)cn1.CC(C)N(C)Cc1ncc(C(=O)CO)cn1.CC(C)OCCN(C)c1ccc(C(=O)NO)cn1.CN(CCOC(C)(C)C)c1ncc(C(=O)NO)cn1.CN(Cc1ccc(C(=O)CO)cn1)C(C)(C)C.CN(Cc1ncc(C(=O)CO)cn1)C(C)(C)C. The first-order valence-corrected chi connectivity index (χ1v) is 33.4. The number of anilines is 2. The van der Waals surface area contributed by atoms with E-state index in [2.05, 4.69) is 134 Å². The molecule has 0 saturated heterocycles. The zero-order chi connectivity index (χ0) is 78.4. The molecule has 0 unspecified atom stereocenters. The van der Waals surface area contributed by atoms with Crippen LogP contribution in [0.25, 0.3) is 0 Å². The number of likely N-dealkylation sites (N-methyl/N-ethyl adjacent to an activating group) is 2. The molecule has 0 spiro atoms. The summed E-state index contributed by atoms with van der Waals surface area (Å²) in [5, 5.41) is 51.7. The Morgan fingerprint density at radius 2 is 0.777 bits per heavy atom. The van der Waals surface area contributed by atoms with E-state index in [1.807, 2.05) is 98.8 Å². The maximum Gasteiger partial charge on any atom is 0.277 e. The summed E-state index contributed by atoms with van der Waals surface area (Å²) in [6.45, 7) is 34.4. The topological polar surface area (TPSA) is 402 Å². The lowest BCUT2D eigenvalue weighted by molar-refractivity contribution is 0.00157. The summed E-state index contributed by atoms with van der Waals surface area (Å²) in [6, 6.07) is 11.3. The molecule has 0 radical (unpaired) electrons. The summed E-state index contributed by atoms with van der Waals surface area (Å²) in [7, 11) is 11.8. The number of rotatable bonds is 29. The number of hydrogen-bond donors (Lipinski definition) is 8. The van der Waals surface area contributed by atoms with Gasteiger partial charge in [0.2, 0.25) is 5.95 Å². The van der Waals surface area contributed by atoms with Crippen LogP contribution in [-0.4, -0.2) is 260 Å². The van der Waals surface area contributed by atoms with Gasteiger partial charge >= 0.3 is 0 Å². The van der Waals surface area contributed by atoms with Gasteiger partial charge in [-0.25, -0.2) is 45.8 Å². The largest absolute Gasteiger partial charge is 0.388 e. The van der Waals surface area contributed by atoms with Gasteiger partial charge in [0.25, 0.3) is 11.8 Å². The van der Waals surface area contributed by atoms with Crippen molar-refractivity contribution in [3.8, 4) is 0 Å². The fourth-order valence-electron chi connectivity index (χ4n) is 7.30. The third kappa shape index (κ3) is 37.4. The molecular weight excluding hydrogens is 1330 g/mol. The summed E-state index contributed by atoms with van der Waals surface area (Å²) in [5.41, 5.74) is 6.99. The normalized spacial score (nSPS) is 11.3. The van der Waals surface area contributed by atoms with Gasteiger partial charge in [-0.1, -0.05) is 0 Å². The zero-order valence-electron chi connectivity index (χ0n) is 64.0. The standard InChI is InChI=1S/C13H20N2O2.C12H20N4O3.C12H19N3O3.C12H19N3O2.C12H18N2O2.C11H17N3O2/c1-13(2,3)15(4)8-11-6-5-10(7-14-11)12(17)9-16;1-12(2,3)19-6-5-16(4)11-13-7-9(8-14-11)10(17)15-18;1-9(2)18-7-6-15(3)11-5-4-10(8-13-11)12(16)14-17;1-12(2,3)15(4)7-11-13-5-9(6-14-11)10(17)8-16;1-9(2)14(3)7-11-5-4-10(6-13-11)12(16)8-15;1-8(2)14(3)6-11-12-4-9(5-13-11)10(16)7-15/h5-7,16H,8-9H2,1-4H3;7-8,18H,5-6H2,1-4H3,(H,15,17);4-5,8-9,17H,6-7H2,1-3H3,(H,14,16);5-6,16H,7-8H2,1-4H3;4-6,9,15H,7-8H2,1-3H3;4-5,8,15H,6-7H2,1-3H3. The summed E-state index contributed by atoms with van der Waals surface area (Å²) in [6.07, 6.45) is 13.2. The summed E-state index contributed by atoms with van der Waals surface area (Å²) in [4.78, 5) is 116. The molecule has 0 aliphatic heterocycles. The van der Waals surface area contributed by atoms with E-state index in [0.29, 0.717) is 90.3 Å². The summed E-state index contributed by atoms with van der Waals surface area (Å²) >= 11 is 0. The number of aromatic nitrogens is 9. The van der Waals surface area contributed by atoms with Gasteiger partial charge in [0.05, 0.1) is 71.6 Å². The lowest BCUT2D eigenvalue weighted by Gasteiger charge is -2.31. The number of pyridine rings is 3. The fraction of sp³-hybridized carbons (Fsp3) is 0.542. The van der Waals surface area contributed by atoms with Gasteiger partial charge < -0.3 is 39.7 Å². The van der Waals surface area contributed by atoms with Gasteiger partial charge in [-0.15, -0.1) is 0 Å². The number of nitrogens with one attached hydrogen (secondary N) is 2. The molecule has 6 heterocycles. The Bertz CT molecular complexity index is 3280. The van der Waals surface area contributed by atoms with Crippen molar-refractivity contribution in [1.29, 1.82) is 0 Å². The number of aliphatic hydroxyl groups excluding tert-OH is 4. The van der Waals surface area contributed by atoms with Crippen molar-refractivity contribution < 1.29 is 69.1 Å². The molecule has 31 nitrogen and oxygen atoms in total. The molecular formula is C72H113N17O14. The molecule has 0 aliphatic rings. The molecule has 2 amide bonds. The zero-order valence-corrected chi connectivity index (χ0v) is 64.0. The van der Waals surface area contributed by atoms with Gasteiger partial charge in [0, 0.05) is 130 Å². The molecule has 6 rings (SSSR count). The van der Waals surface area contributed by atoms with Crippen LogP contribution < -0.4 is 20.8 Å². The average Bonchev–Trinajstić information content (AvgIpc) is 0.893. The number of amides is 2. The monoisotopic (exact) mass is 1440 g/mol. The molecule has 6 aromatic rings. The van der Waals surface area contributed by atoms with Crippen LogP contribution in [0.15, 0.2) is 92.2 Å². The van der Waals surface area contributed by atoms with Crippen LogP contribution in [0.4, 0.5) is 11.8 Å². The number of hydrogen-bond acceptors (Lipinski definition) is 29. The number of Topliss-reactive ketones (excluding diaryl/α,β-unsaturated/α-hetero) is 4. The first-order chi connectivity index (χ1) is 48.1. The van der Waals surface area contributed by atoms with E-state index in [4.69, 9.17) is 40.3 Å². The van der Waals surface area contributed by atoms with Crippen molar-refractivity contribution in [1.82, 2.24) is 75.4 Å². The Kier molecular flexibility index (Phi) is 42.1. The summed E-state index contributed by atoms with van der Waals surface area (Å²) in [5.74, 6) is 0.0607. The van der Waals surface area contributed by atoms with Crippen LogP contribution in [0.3, 0.4) is 0 Å². The second kappa shape index (κ2) is 46.9. The van der Waals surface area contributed by atoms with Crippen molar-refractivity contribution >= 4 is 46.7 Å². The Labute approximate surface area is 607 Å². The molecule has 0 saturated carbocycles. The molecule has 0 fully saturated rings.